The number of nitrogens with two attached hydrogens (primary N) is 1. The number of nitrogens with zero attached hydrogens (tertiary/aromatic N) is 4. The highest BCUT2D eigenvalue weighted by Crippen LogP contribution is 2.48. The lowest BCUT2D eigenvalue weighted by atomic mass is 10.1. The van der Waals surface area contributed by atoms with E-state index in [0.29, 0.717) is 17.7 Å². The maximum atomic E-state index is 12.3. The van der Waals surface area contributed by atoms with Gasteiger partial charge in [-0.1, -0.05) is 6.07 Å². The van der Waals surface area contributed by atoms with Crippen LogP contribution in [0, 0.1) is 0 Å². The molecule has 0 aliphatic heterocycles. The number of fused-ring (bicyclic) bond motifs is 1. The lowest BCUT2D eigenvalue weighted by Crippen LogP contribution is -2.06. The Labute approximate surface area is 266 Å². The van der Waals surface area contributed by atoms with Gasteiger partial charge >= 0.3 is 0 Å². The van der Waals surface area contributed by atoms with E-state index in [9.17, 15) is 52.4 Å². The molecule has 4 rings (SSSR count). The number of hydrogen-bond donors (Lipinski definition) is 7. The average Bonchev–Trinajstić information content (AvgIpc) is 2.94. The maximum Gasteiger partial charge on any atom is 0.296 e. The highest BCUT2D eigenvalue weighted by molar-refractivity contribution is 7.86. The zero-order valence-electron chi connectivity index (χ0n) is 23.4. The summed E-state index contributed by atoms with van der Waals surface area (Å²) in [6, 6.07) is 8.84. The molecule has 0 spiro atoms. The number of nitrogens with one attached hydrogen (secondary N) is 1. The second kappa shape index (κ2) is 12.6. The van der Waals surface area contributed by atoms with Crippen molar-refractivity contribution >= 4 is 79.7 Å². The zero-order valence-corrected chi connectivity index (χ0v) is 26.7. The van der Waals surface area contributed by atoms with Crippen LogP contribution < -0.4 is 11.1 Å². The summed E-state index contributed by atoms with van der Waals surface area (Å²) in [5.74, 6) is -1.13. The molecule has 47 heavy (non-hydrogen) atoms. The number of aromatic hydroxyl groups is 1. The minimum absolute atomic E-state index is 0.103. The van der Waals surface area contributed by atoms with Crippen LogP contribution in [0.25, 0.3) is 10.8 Å². The topological polar surface area (TPSA) is 325 Å². The van der Waals surface area contributed by atoms with Crippen LogP contribution in [-0.2, 0) is 47.0 Å². The summed E-state index contributed by atoms with van der Waals surface area (Å²) in [6.07, 6.45) is 0. The minimum Gasteiger partial charge on any atom is -0.505 e. The van der Waals surface area contributed by atoms with Gasteiger partial charge in [0.2, 0.25) is 0 Å². The third kappa shape index (κ3) is 7.75. The molecule has 4 aromatic carbocycles. The number of phenolic OH excluding ortho intramolecular Hbond substituents is 1. The van der Waals surface area contributed by atoms with Gasteiger partial charge in [-0.15, -0.1) is 15.3 Å². The van der Waals surface area contributed by atoms with E-state index in [0.717, 1.165) is 36.4 Å². The second-order valence-electron chi connectivity index (χ2n) is 9.43. The summed E-state index contributed by atoms with van der Waals surface area (Å²) in [7, 11) is -18.4. The molecule has 23 heteroatoms. The molecule has 19 nitrogen and oxygen atoms in total. The van der Waals surface area contributed by atoms with Crippen molar-refractivity contribution < 1.29 is 57.0 Å². The first-order chi connectivity index (χ1) is 21.6. The van der Waals surface area contributed by atoms with Crippen molar-refractivity contribution in [2.45, 2.75) is 26.1 Å². The third-order valence-electron chi connectivity index (χ3n) is 6.21. The number of anilines is 1. The summed E-state index contributed by atoms with van der Waals surface area (Å²) in [4.78, 5) is -3.43. The Bertz CT molecular complexity index is 2430. The van der Waals surface area contributed by atoms with E-state index >= 15 is 0 Å². The molecular formula is C24H22N6O13S4. The van der Waals surface area contributed by atoms with Gasteiger partial charge in [-0.2, -0.15) is 38.8 Å². The van der Waals surface area contributed by atoms with Gasteiger partial charge in [0, 0.05) is 6.54 Å². The van der Waals surface area contributed by atoms with Gasteiger partial charge in [0.1, 0.15) is 31.7 Å². The van der Waals surface area contributed by atoms with Gasteiger partial charge in [0.05, 0.1) is 21.7 Å². The van der Waals surface area contributed by atoms with E-state index in [1.807, 2.05) is 0 Å². The van der Waals surface area contributed by atoms with E-state index in [2.05, 4.69) is 25.8 Å². The van der Waals surface area contributed by atoms with Gasteiger partial charge < -0.3 is 16.2 Å². The first-order valence-corrected chi connectivity index (χ1v) is 18.1. The van der Waals surface area contributed by atoms with Crippen molar-refractivity contribution in [2.24, 2.45) is 20.5 Å². The molecular weight excluding hydrogens is 709 g/mol. The van der Waals surface area contributed by atoms with E-state index in [4.69, 9.17) is 10.3 Å². The molecule has 0 amide bonds. The SMILES string of the molecule is CNCc1ccc(/N=N/c2c(S(=O)(=O)O)cc3cc(S(=O)(=O)O)c(/N=N/c4ccc(S(=O)(=O)O)cc4)c(N)c3c2O)c(S(=O)(=O)O)c1. The molecule has 250 valence electrons. The van der Waals surface area contributed by atoms with Crippen LogP contribution in [0.5, 0.6) is 5.75 Å². The number of azo groups is 2. The Kier molecular flexibility index (Phi) is 9.51. The fourth-order valence-corrected chi connectivity index (χ4v) is 6.64. The Hall–Kier alpha value is -4.46. The first kappa shape index (κ1) is 35.4. The summed E-state index contributed by atoms with van der Waals surface area (Å²) in [5.41, 5.74) is 3.38. The highest BCUT2D eigenvalue weighted by Gasteiger charge is 2.28. The summed E-state index contributed by atoms with van der Waals surface area (Å²) >= 11 is 0. The van der Waals surface area contributed by atoms with Gasteiger partial charge in [-0.05, 0) is 66.5 Å². The molecule has 0 atom stereocenters. The molecule has 8 N–H and O–H groups in total. The Morgan fingerprint density at radius 2 is 1.19 bits per heavy atom. The number of benzene rings is 4. The van der Waals surface area contributed by atoms with E-state index in [1.165, 1.54) is 6.07 Å². The lowest BCUT2D eigenvalue weighted by molar-refractivity contribution is 0.472. The van der Waals surface area contributed by atoms with Crippen LogP contribution in [0.1, 0.15) is 5.56 Å². The summed E-state index contributed by atoms with van der Waals surface area (Å²) < 4.78 is 134. The van der Waals surface area contributed by atoms with Crippen molar-refractivity contribution in [3.8, 4) is 5.75 Å². The maximum absolute atomic E-state index is 12.3. The van der Waals surface area contributed by atoms with Gasteiger partial charge in [0.15, 0.2) is 5.75 Å². The van der Waals surface area contributed by atoms with Crippen molar-refractivity contribution in [3.05, 3.63) is 60.2 Å². The molecule has 0 saturated heterocycles. The van der Waals surface area contributed by atoms with Crippen LogP contribution in [0.3, 0.4) is 0 Å². The molecule has 0 fully saturated rings. The lowest BCUT2D eigenvalue weighted by Gasteiger charge is -2.14. The standard InChI is InChI=1S/C24H22N6O13S4/c1-26-11-12-2-7-16(17(8-12)45(35,36)37)28-30-23-19(47(41,42)43)10-13-9-18(46(38,39)40)22(21(25)20(13)24(23)31)29-27-14-3-5-15(6-4-14)44(32,33)34/h2-10,26,31H,11,25H2,1H3,(H,32,33,34)(H,35,36,37)(H,38,39,40)(H,41,42,43)/b29-27+,30-28+. The largest absolute Gasteiger partial charge is 0.505 e. The molecule has 0 radical (unpaired) electrons. The summed E-state index contributed by atoms with van der Waals surface area (Å²) in [6.45, 7) is 0.179. The van der Waals surface area contributed by atoms with E-state index in [1.54, 1.807) is 7.05 Å². The van der Waals surface area contributed by atoms with Gasteiger partial charge in [0.25, 0.3) is 40.5 Å². The summed E-state index contributed by atoms with van der Waals surface area (Å²) in [5, 5.41) is 27.6. The predicted octanol–water partition coefficient (Wildman–Crippen LogP) is 3.66. The number of hydrogen-bond acceptors (Lipinski definition) is 15. The van der Waals surface area contributed by atoms with Gasteiger partial charge in [-0.25, -0.2) is 0 Å². The molecule has 0 aromatic heterocycles. The molecule has 0 heterocycles. The molecule has 0 bridgehead atoms. The van der Waals surface area contributed by atoms with Crippen LogP contribution in [-0.4, -0.2) is 64.0 Å². The minimum atomic E-state index is -5.28. The Balaban J connectivity index is 1.99. The molecule has 0 aliphatic rings. The van der Waals surface area contributed by atoms with Crippen molar-refractivity contribution in [1.82, 2.24) is 5.32 Å². The zero-order chi connectivity index (χ0) is 35.1. The highest BCUT2D eigenvalue weighted by atomic mass is 32.2. The smallest absolute Gasteiger partial charge is 0.296 e. The number of rotatable bonds is 10. The third-order valence-corrected chi connectivity index (χ3v) is 9.70. The van der Waals surface area contributed by atoms with Crippen LogP contribution in [0.2, 0.25) is 0 Å². The monoisotopic (exact) mass is 730 g/mol. The van der Waals surface area contributed by atoms with Crippen molar-refractivity contribution in [1.29, 1.82) is 0 Å². The van der Waals surface area contributed by atoms with Crippen molar-refractivity contribution in [2.75, 3.05) is 12.8 Å². The van der Waals surface area contributed by atoms with Crippen LogP contribution in [0.4, 0.5) is 28.4 Å². The van der Waals surface area contributed by atoms with Crippen LogP contribution in [0.15, 0.2) is 94.6 Å². The van der Waals surface area contributed by atoms with Crippen molar-refractivity contribution in [3.63, 3.8) is 0 Å². The number of nitrogen functional groups attached to an aromatic ring is 1. The first-order valence-electron chi connectivity index (χ1n) is 12.4. The molecule has 4 aromatic rings. The Morgan fingerprint density at radius 3 is 1.70 bits per heavy atom. The van der Waals surface area contributed by atoms with Crippen LogP contribution >= 0.6 is 0 Å². The molecule has 0 unspecified atom stereocenters. The Morgan fingerprint density at radius 1 is 0.660 bits per heavy atom. The second-order valence-corrected chi connectivity index (χ2v) is 15.0. The average molecular weight is 731 g/mol. The predicted molar refractivity (Wildman–Crippen MR) is 163 cm³/mol. The molecule has 0 aliphatic carbocycles. The van der Waals surface area contributed by atoms with Gasteiger partial charge in [-0.3, -0.25) is 18.2 Å². The van der Waals surface area contributed by atoms with E-state index < -0.39 is 99.3 Å². The fraction of sp³-hybridized carbons (Fsp3) is 0.0833. The molecule has 0 saturated carbocycles. The fourth-order valence-electron chi connectivity index (χ4n) is 4.16. The normalized spacial score (nSPS) is 13.2. The van der Waals surface area contributed by atoms with E-state index in [-0.39, 0.29) is 12.2 Å². The number of phenols is 1. The quantitative estimate of drug-likeness (QED) is 0.0695.